The van der Waals surface area contributed by atoms with Gasteiger partial charge in [-0.3, -0.25) is 9.69 Å². The Hall–Kier alpha value is -0.960. The normalized spacial score (nSPS) is 33.8. The minimum absolute atomic E-state index is 0.0519. The Kier molecular flexibility index (Phi) is 4.05. The van der Waals surface area contributed by atoms with Gasteiger partial charge in [0, 0.05) is 12.3 Å². The topological polar surface area (TPSA) is 52.7 Å². The van der Waals surface area contributed by atoms with E-state index in [-0.39, 0.29) is 25.5 Å². The number of carbonyl (C=O) groups is 2. The number of rotatable bonds is 2. The molecule has 124 valence electrons. The van der Waals surface area contributed by atoms with E-state index < -0.39 is 23.7 Å². The fraction of sp³-hybridized carbons (Fsp3) is 0.846. The number of hydrogen-bond donors (Lipinski definition) is 1. The zero-order chi connectivity index (χ0) is 16.0. The number of urea groups is 1. The molecule has 3 heterocycles. The number of nitrogens with one attached hydrogen (secondary N) is 1. The van der Waals surface area contributed by atoms with E-state index >= 15 is 0 Å². The lowest BCUT2D eigenvalue weighted by atomic mass is 9.97. The second kappa shape index (κ2) is 5.59. The van der Waals surface area contributed by atoms with E-state index in [1.54, 1.807) is 16.7 Å². The summed E-state index contributed by atoms with van der Waals surface area (Å²) in [6.07, 6.45) is -3.10. The highest BCUT2D eigenvalue weighted by Gasteiger charge is 2.53. The molecule has 1 N–H and O–H groups in total. The zero-order valence-corrected chi connectivity index (χ0v) is 12.8. The largest absolute Gasteiger partial charge is 0.393 e. The van der Waals surface area contributed by atoms with Crippen LogP contribution in [0.25, 0.3) is 0 Å². The first-order chi connectivity index (χ1) is 10.3. The summed E-state index contributed by atoms with van der Waals surface area (Å²) in [4.78, 5) is 27.1. The van der Waals surface area contributed by atoms with Crippen LogP contribution in [0.4, 0.5) is 18.0 Å². The molecular weight excluding hydrogens is 319 g/mol. The van der Waals surface area contributed by atoms with Crippen molar-refractivity contribution in [3.05, 3.63) is 0 Å². The number of hydrogen-bond acceptors (Lipinski definition) is 4. The van der Waals surface area contributed by atoms with Crippen LogP contribution in [-0.2, 0) is 4.79 Å². The predicted molar refractivity (Wildman–Crippen MR) is 75.3 cm³/mol. The van der Waals surface area contributed by atoms with E-state index in [0.717, 1.165) is 10.7 Å². The molecule has 0 aromatic carbocycles. The molecule has 1 spiro atoms. The van der Waals surface area contributed by atoms with E-state index in [1.165, 1.54) is 0 Å². The molecular formula is C13H18F3N3O2S. The highest BCUT2D eigenvalue weighted by Crippen LogP contribution is 2.35. The van der Waals surface area contributed by atoms with E-state index in [1.807, 2.05) is 0 Å². The SMILES string of the molecule is O=C1N[C@@]2(CCSC2)C(=O)N1CN1CCC[C@@H](C(F)(F)F)C1. The quantitative estimate of drug-likeness (QED) is 0.779. The van der Waals surface area contributed by atoms with Crippen LogP contribution in [0.5, 0.6) is 0 Å². The van der Waals surface area contributed by atoms with Crippen LogP contribution in [0.3, 0.4) is 0 Å². The van der Waals surface area contributed by atoms with Crippen LogP contribution in [0.1, 0.15) is 19.3 Å². The van der Waals surface area contributed by atoms with Crippen LogP contribution >= 0.6 is 11.8 Å². The zero-order valence-electron chi connectivity index (χ0n) is 12.0. The minimum atomic E-state index is -4.22. The van der Waals surface area contributed by atoms with Crippen LogP contribution in [0, 0.1) is 5.92 Å². The van der Waals surface area contributed by atoms with Crippen molar-refractivity contribution in [3.8, 4) is 0 Å². The van der Waals surface area contributed by atoms with Gasteiger partial charge in [-0.1, -0.05) is 0 Å². The summed E-state index contributed by atoms with van der Waals surface area (Å²) in [6.45, 7) is 0.275. The van der Waals surface area contributed by atoms with Crippen LogP contribution in [0.2, 0.25) is 0 Å². The van der Waals surface area contributed by atoms with Crippen molar-refractivity contribution in [2.24, 2.45) is 5.92 Å². The Morgan fingerprint density at radius 1 is 1.36 bits per heavy atom. The number of imide groups is 1. The van der Waals surface area contributed by atoms with Gasteiger partial charge in [0.15, 0.2) is 0 Å². The molecule has 22 heavy (non-hydrogen) atoms. The number of likely N-dealkylation sites (tertiary alicyclic amines) is 1. The van der Waals surface area contributed by atoms with Gasteiger partial charge >= 0.3 is 12.2 Å². The maximum absolute atomic E-state index is 12.8. The highest BCUT2D eigenvalue weighted by atomic mass is 32.2. The molecule has 0 unspecified atom stereocenters. The third-order valence-electron chi connectivity index (χ3n) is 4.58. The van der Waals surface area contributed by atoms with Crippen molar-refractivity contribution >= 4 is 23.7 Å². The Labute approximate surface area is 130 Å². The standard InChI is InChI=1S/C13H18F3N3O2S/c14-13(15,16)9-2-1-4-18(6-9)8-19-10(20)12(17-11(19)21)3-5-22-7-12/h9H,1-8H2,(H,17,21)/t9-,12-/m1/s1. The summed E-state index contributed by atoms with van der Waals surface area (Å²) in [6, 6.07) is -0.485. The average Bonchev–Trinajstić information content (AvgIpc) is 3.00. The van der Waals surface area contributed by atoms with Crippen molar-refractivity contribution in [1.82, 2.24) is 15.1 Å². The first kappa shape index (κ1) is 15.9. The lowest BCUT2D eigenvalue weighted by Crippen LogP contribution is -2.50. The number of alkyl halides is 3. The van der Waals surface area contributed by atoms with Crippen molar-refractivity contribution in [2.75, 3.05) is 31.3 Å². The van der Waals surface area contributed by atoms with Crippen molar-refractivity contribution in [2.45, 2.75) is 31.0 Å². The summed E-state index contributed by atoms with van der Waals surface area (Å²) in [5.74, 6) is -0.325. The fourth-order valence-corrected chi connectivity index (χ4v) is 4.61. The van der Waals surface area contributed by atoms with Crippen molar-refractivity contribution < 1.29 is 22.8 Å². The molecule has 3 aliphatic heterocycles. The van der Waals surface area contributed by atoms with Gasteiger partial charge in [-0.25, -0.2) is 9.69 Å². The number of amides is 3. The lowest BCUT2D eigenvalue weighted by Gasteiger charge is -2.35. The maximum Gasteiger partial charge on any atom is 0.393 e. The molecule has 3 amide bonds. The summed E-state index contributed by atoms with van der Waals surface area (Å²) in [5, 5.41) is 2.73. The van der Waals surface area contributed by atoms with Gasteiger partial charge in [-0.15, -0.1) is 0 Å². The Morgan fingerprint density at radius 2 is 2.14 bits per heavy atom. The smallest absolute Gasteiger partial charge is 0.322 e. The van der Waals surface area contributed by atoms with Crippen molar-refractivity contribution in [1.29, 1.82) is 0 Å². The molecule has 9 heteroatoms. The van der Waals surface area contributed by atoms with Gasteiger partial charge in [0.2, 0.25) is 0 Å². The Bertz CT molecular complexity index is 480. The second-order valence-corrected chi connectivity index (χ2v) is 7.25. The van der Waals surface area contributed by atoms with Crippen molar-refractivity contribution in [3.63, 3.8) is 0 Å². The Balaban J connectivity index is 1.65. The van der Waals surface area contributed by atoms with E-state index in [4.69, 9.17) is 0 Å². The molecule has 2 atom stereocenters. The molecule has 0 radical (unpaired) electrons. The Morgan fingerprint density at radius 3 is 2.77 bits per heavy atom. The monoisotopic (exact) mass is 337 g/mol. The maximum atomic E-state index is 12.8. The molecule has 0 saturated carbocycles. The number of piperidine rings is 1. The van der Waals surface area contributed by atoms with Gasteiger partial charge in [0.05, 0.1) is 12.6 Å². The molecule has 0 aliphatic carbocycles. The molecule has 3 saturated heterocycles. The summed E-state index contributed by atoms with van der Waals surface area (Å²) in [7, 11) is 0. The van der Waals surface area contributed by atoms with Gasteiger partial charge in [0.25, 0.3) is 5.91 Å². The molecule has 3 rings (SSSR count). The molecule has 0 aromatic heterocycles. The molecule has 0 bridgehead atoms. The molecule has 5 nitrogen and oxygen atoms in total. The summed E-state index contributed by atoms with van der Waals surface area (Å²) >= 11 is 1.60. The van der Waals surface area contributed by atoms with Crippen LogP contribution < -0.4 is 5.32 Å². The average molecular weight is 337 g/mol. The van der Waals surface area contributed by atoms with Gasteiger partial charge in [-0.2, -0.15) is 24.9 Å². The van der Waals surface area contributed by atoms with E-state index in [2.05, 4.69) is 5.32 Å². The molecule has 0 aromatic rings. The first-order valence-corrected chi connectivity index (χ1v) is 8.48. The number of thioether (sulfide) groups is 1. The van der Waals surface area contributed by atoms with Crippen LogP contribution in [0.15, 0.2) is 0 Å². The first-order valence-electron chi connectivity index (χ1n) is 7.33. The summed E-state index contributed by atoms with van der Waals surface area (Å²) in [5.41, 5.74) is -0.832. The van der Waals surface area contributed by atoms with Crippen LogP contribution in [-0.4, -0.2) is 64.7 Å². The number of halogens is 3. The van der Waals surface area contributed by atoms with E-state index in [0.29, 0.717) is 25.1 Å². The third kappa shape index (κ3) is 2.80. The molecule has 3 aliphatic rings. The minimum Gasteiger partial charge on any atom is -0.322 e. The van der Waals surface area contributed by atoms with Gasteiger partial charge < -0.3 is 5.32 Å². The fourth-order valence-electron chi connectivity index (χ4n) is 3.29. The van der Waals surface area contributed by atoms with Gasteiger partial charge in [-0.05, 0) is 31.6 Å². The van der Waals surface area contributed by atoms with E-state index in [9.17, 15) is 22.8 Å². The highest BCUT2D eigenvalue weighted by molar-refractivity contribution is 7.99. The molecule has 3 fully saturated rings. The van der Waals surface area contributed by atoms with Gasteiger partial charge in [0.1, 0.15) is 5.54 Å². The third-order valence-corrected chi connectivity index (χ3v) is 5.77. The summed E-state index contributed by atoms with van der Waals surface area (Å²) < 4.78 is 38.5. The number of nitrogens with zero attached hydrogens (tertiary/aromatic N) is 2. The number of carbonyl (C=O) groups excluding carboxylic acids is 2. The lowest BCUT2D eigenvalue weighted by molar-refractivity contribution is -0.187. The second-order valence-electron chi connectivity index (χ2n) is 6.15. The predicted octanol–water partition coefficient (Wildman–Crippen LogP) is 1.65.